The third kappa shape index (κ3) is 2.76. The van der Waals surface area contributed by atoms with Crippen LogP contribution in [0.15, 0.2) is 47.3 Å². The molecule has 2 heterocycles. The fourth-order valence-corrected chi connectivity index (χ4v) is 2.56. The summed E-state index contributed by atoms with van der Waals surface area (Å²) >= 11 is 0. The van der Waals surface area contributed by atoms with Crippen LogP contribution in [0.3, 0.4) is 0 Å². The zero-order valence-corrected chi connectivity index (χ0v) is 10.8. The Morgan fingerprint density at radius 1 is 1.11 bits per heavy atom. The van der Waals surface area contributed by atoms with Crippen LogP contribution in [-0.2, 0) is 11.3 Å². The van der Waals surface area contributed by atoms with Crippen molar-refractivity contribution in [3.8, 4) is 11.1 Å². The zero-order chi connectivity index (χ0) is 13.1. The molecule has 1 aromatic heterocycles. The number of likely N-dealkylation sites (tertiary alicyclic amines) is 1. The molecule has 2 aromatic rings. The smallest absolute Gasteiger partial charge is 0.135 e. The lowest BCUT2D eigenvalue weighted by molar-refractivity contribution is -0.121. The number of piperidine rings is 1. The van der Waals surface area contributed by atoms with E-state index in [1.165, 1.54) is 11.1 Å². The molecule has 1 fully saturated rings. The van der Waals surface area contributed by atoms with E-state index < -0.39 is 0 Å². The van der Waals surface area contributed by atoms with Crippen molar-refractivity contribution in [2.75, 3.05) is 13.1 Å². The molecule has 0 atom stereocenters. The summed E-state index contributed by atoms with van der Waals surface area (Å²) in [5.41, 5.74) is 3.62. The number of carbonyl (C=O) groups excluding carboxylic acids is 1. The van der Waals surface area contributed by atoms with Crippen molar-refractivity contribution in [2.45, 2.75) is 19.4 Å². The van der Waals surface area contributed by atoms with Gasteiger partial charge in [0, 0.05) is 38.0 Å². The van der Waals surface area contributed by atoms with E-state index >= 15 is 0 Å². The molecule has 19 heavy (non-hydrogen) atoms. The number of hydrogen-bond donors (Lipinski definition) is 0. The van der Waals surface area contributed by atoms with Crippen LogP contribution in [0, 0.1) is 0 Å². The van der Waals surface area contributed by atoms with Crippen LogP contribution < -0.4 is 0 Å². The lowest BCUT2D eigenvalue weighted by Gasteiger charge is -2.26. The molecule has 0 radical (unpaired) electrons. The molecule has 1 aliphatic heterocycles. The first-order valence-corrected chi connectivity index (χ1v) is 6.67. The van der Waals surface area contributed by atoms with E-state index in [0.29, 0.717) is 18.6 Å². The Hall–Kier alpha value is -1.87. The Morgan fingerprint density at radius 2 is 1.89 bits per heavy atom. The Morgan fingerprint density at radius 3 is 2.63 bits per heavy atom. The summed E-state index contributed by atoms with van der Waals surface area (Å²) in [5, 5.41) is 0. The highest BCUT2D eigenvalue weighted by Gasteiger charge is 2.17. The fraction of sp³-hybridized carbons (Fsp3) is 0.312. The first kappa shape index (κ1) is 12.2. The van der Waals surface area contributed by atoms with E-state index in [1.54, 1.807) is 12.5 Å². The minimum atomic E-state index is 0.388. The first-order chi connectivity index (χ1) is 9.33. The summed E-state index contributed by atoms with van der Waals surface area (Å²) in [6, 6.07) is 10.4. The largest absolute Gasteiger partial charge is 0.472 e. The number of Topliss-reactive ketones (excluding diaryl/α,β-unsaturated/α-hetero) is 1. The van der Waals surface area contributed by atoms with Gasteiger partial charge in [0.15, 0.2) is 0 Å². The molecule has 1 aliphatic rings. The number of rotatable bonds is 3. The number of ketones is 1. The van der Waals surface area contributed by atoms with Gasteiger partial charge in [0.25, 0.3) is 0 Å². The normalized spacial score (nSPS) is 16.7. The molecule has 3 rings (SSSR count). The number of benzene rings is 1. The standard InChI is InChI=1S/C16H17NO2/c18-15-5-8-17(9-6-15)11-13-3-1-2-4-16(13)14-7-10-19-12-14/h1-4,7,10,12H,5-6,8-9,11H2. The summed E-state index contributed by atoms with van der Waals surface area (Å²) in [4.78, 5) is 13.6. The molecule has 0 bridgehead atoms. The van der Waals surface area contributed by atoms with Crippen molar-refractivity contribution in [1.29, 1.82) is 0 Å². The predicted molar refractivity (Wildman–Crippen MR) is 73.7 cm³/mol. The molecule has 3 heteroatoms. The van der Waals surface area contributed by atoms with Gasteiger partial charge in [0.05, 0.1) is 12.5 Å². The topological polar surface area (TPSA) is 33.5 Å². The molecule has 1 saturated heterocycles. The van der Waals surface area contributed by atoms with Gasteiger partial charge in [-0.25, -0.2) is 0 Å². The minimum Gasteiger partial charge on any atom is -0.472 e. The van der Waals surface area contributed by atoms with Crippen molar-refractivity contribution in [1.82, 2.24) is 4.90 Å². The van der Waals surface area contributed by atoms with Crippen LogP contribution in [0.5, 0.6) is 0 Å². The maximum Gasteiger partial charge on any atom is 0.135 e. The number of carbonyl (C=O) groups is 1. The lowest BCUT2D eigenvalue weighted by atomic mass is 10.0. The third-order valence-electron chi connectivity index (χ3n) is 3.66. The van der Waals surface area contributed by atoms with Crippen molar-refractivity contribution in [3.05, 3.63) is 48.4 Å². The Labute approximate surface area is 112 Å². The van der Waals surface area contributed by atoms with Crippen LogP contribution in [-0.4, -0.2) is 23.8 Å². The van der Waals surface area contributed by atoms with E-state index in [9.17, 15) is 4.79 Å². The average Bonchev–Trinajstić information content (AvgIpc) is 2.96. The lowest BCUT2D eigenvalue weighted by Crippen LogP contribution is -2.33. The van der Waals surface area contributed by atoms with Gasteiger partial charge in [0.2, 0.25) is 0 Å². The number of furan rings is 1. The SMILES string of the molecule is O=C1CCN(Cc2ccccc2-c2ccoc2)CC1. The Kier molecular flexibility index (Phi) is 3.47. The van der Waals surface area contributed by atoms with Crippen molar-refractivity contribution >= 4 is 5.78 Å². The van der Waals surface area contributed by atoms with Gasteiger partial charge in [-0.3, -0.25) is 9.69 Å². The molecule has 0 aliphatic carbocycles. The van der Waals surface area contributed by atoms with Gasteiger partial charge >= 0.3 is 0 Å². The maximum atomic E-state index is 11.3. The summed E-state index contributed by atoms with van der Waals surface area (Å²) < 4.78 is 5.17. The van der Waals surface area contributed by atoms with Gasteiger partial charge in [-0.2, -0.15) is 0 Å². The van der Waals surface area contributed by atoms with Gasteiger partial charge < -0.3 is 4.42 Å². The number of hydrogen-bond acceptors (Lipinski definition) is 3. The maximum absolute atomic E-state index is 11.3. The van der Waals surface area contributed by atoms with Crippen LogP contribution in [0.1, 0.15) is 18.4 Å². The highest BCUT2D eigenvalue weighted by Crippen LogP contribution is 2.25. The molecule has 0 unspecified atom stereocenters. The number of nitrogens with zero attached hydrogens (tertiary/aromatic N) is 1. The Balaban J connectivity index is 1.79. The van der Waals surface area contributed by atoms with E-state index in [4.69, 9.17) is 4.42 Å². The molecule has 1 aromatic carbocycles. The summed E-state index contributed by atoms with van der Waals surface area (Å²) in [5.74, 6) is 0.388. The summed E-state index contributed by atoms with van der Waals surface area (Å²) in [6.07, 6.45) is 4.85. The zero-order valence-electron chi connectivity index (χ0n) is 10.8. The van der Waals surface area contributed by atoms with E-state index in [0.717, 1.165) is 25.2 Å². The van der Waals surface area contributed by atoms with E-state index in [-0.39, 0.29) is 0 Å². The van der Waals surface area contributed by atoms with Crippen LogP contribution in [0.4, 0.5) is 0 Å². The van der Waals surface area contributed by atoms with Crippen molar-refractivity contribution in [2.24, 2.45) is 0 Å². The van der Waals surface area contributed by atoms with Gasteiger partial charge in [-0.05, 0) is 17.2 Å². The van der Waals surface area contributed by atoms with Crippen molar-refractivity contribution in [3.63, 3.8) is 0 Å². The predicted octanol–water partition coefficient (Wildman–Crippen LogP) is 3.11. The van der Waals surface area contributed by atoms with E-state index in [2.05, 4.69) is 23.1 Å². The Bertz CT molecular complexity index is 550. The van der Waals surface area contributed by atoms with Crippen LogP contribution in [0.2, 0.25) is 0 Å². The second kappa shape index (κ2) is 5.41. The van der Waals surface area contributed by atoms with E-state index in [1.807, 2.05) is 12.1 Å². The molecular weight excluding hydrogens is 238 g/mol. The van der Waals surface area contributed by atoms with Crippen molar-refractivity contribution < 1.29 is 9.21 Å². The van der Waals surface area contributed by atoms with Gasteiger partial charge in [-0.1, -0.05) is 24.3 Å². The monoisotopic (exact) mass is 255 g/mol. The molecule has 0 N–H and O–H groups in total. The third-order valence-corrected chi connectivity index (χ3v) is 3.66. The van der Waals surface area contributed by atoms with Crippen LogP contribution in [0.25, 0.3) is 11.1 Å². The first-order valence-electron chi connectivity index (χ1n) is 6.67. The molecule has 98 valence electrons. The summed E-state index contributed by atoms with van der Waals surface area (Å²) in [7, 11) is 0. The molecule has 0 amide bonds. The van der Waals surface area contributed by atoms with Gasteiger partial charge in [-0.15, -0.1) is 0 Å². The summed E-state index contributed by atoms with van der Waals surface area (Å²) in [6.45, 7) is 2.64. The molecular formula is C16H17NO2. The second-order valence-electron chi connectivity index (χ2n) is 4.98. The quantitative estimate of drug-likeness (QED) is 0.845. The highest BCUT2D eigenvalue weighted by molar-refractivity contribution is 5.79. The molecule has 0 saturated carbocycles. The molecule has 3 nitrogen and oxygen atoms in total. The van der Waals surface area contributed by atoms with Gasteiger partial charge in [0.1, 0.15) is 5.78 Å². The second-order valence-corrected chi connectivity index (χ2v) is 4.98. The van der Waals surface area contributed by atoms with Crippen LogP contribution >= 0.6 is 0 Å². The highest BCUT2D eigenvalue weighted by atomic mass is 16.3. The molecule has 0 spiro atoms. The average molecular weight is 255 g/mol. The fourth-order valence-electron chi connectivity index (χ4n) is 2.56. The minimum absolute atomic E-state index is 0.388.